The van der Waals surface area contributed by atoms with Gasteiger partial charge in [-0.15, -0.1) is 45.9 Å². The molecule has 0 saturated heterocycles. The van der Waals surface area contributed by atoms with Crippen LogP contribution in [0.2, 0.25) is 0 Å². The lowest BCUT2D eigenvalue weighted by Gasteiger charge is -2.29. The van der Waals surface area contributed by atoms with Crippen molar-refractivity contribution in [3.05, 3.63) is 102 Å². The van der Waals surface area contributed by atoms with E-state index in [1.165, 1.54) is 33.2 Å². The van der Waals surface area contributed by atoms with Crippen molar-refractivity contribution in [1.82, 2.24) is 9.97 Å². The number of alkyl halides is 2. The molecule has 2 aromatic heterocycles. The Hall–Kier alpha value is -3.32. The van der Waals surface area contributed by atoms with Gasteiger partial charge in [-0.1, -0.05) is 66.0 Å². The molecular weight excluding hydrogens is 758 g/mol. The first kappa shape index (κ1) is 37.4. The van der Waals surface area contributed by atoms with Crippen LogP contribution in [-0.2, 0) is 22.4 Å². The first-order valence-electron chi connectivity index (χ1n) is 16.5. The average molecular weight is 795 g/mol. The number of carbonyl (C=O) groups is 2. The number of nitrogen functional groups attached to an aromatic ring is 1. The highest BCUT2D eigenvalue weighted by Crippen LogP contribution is 2.34. The van der Waals surface area contributed by atoms with Crippen LogP contribution in [-0.4, -0.2) is 51.7 Å². The summed E-state index contributed by atoms with van der Waals surface area (Å²) in [7, 11) is 0. The number of para-hydroxylation sites is 2. The third kappa shape index (κ3) is 9.57. The quantitative estimate of drug-likeness (QED) is 0.102. The van der Waals surface area contributed by atoms with Gasteiger partial charge in [0.2, 0.25) is 11.8 Å². The number of hydrogen-bond donors (Lipinski definition) is 1. The summed E-state index contributed by atoms with van der Waals surface area (Å²) >= 11 is 15.8. The van der Waals surface area contributed by atoms with Crippen molar-refractivity contribution in [3.8, 4) is 0 Å². The van der Waals surface area contributed by atoms with Crippen molar-refractivity contribution in [2.45, 2.75) is 41.3 Å². The molecule has 0 radical (unpaired) electrons. The number of nitrogens with zero attached hydrogens (tertiary/aromatic N) is 4. The van der Waals surface area contributed by atoms with Gasteiger partial charge in [-0.2, -0.15) is 0 Å². The van der Waals surface area contributed by atoms with Gasteiger partial charge in [0.05, 0.1) is 37.3 Å². The Kier molecular flexibility index (Phi) is 13.2. The number of hydrogen-bond acceptors (Lipinski definition) is 9. The molecule has 0 saturated carbocycles. The smallest absolute Gasteiger partial charge is 0.237 e. The number of fused-ring (bicyclic) bond motifs is 4. The molecule has 4 aromatic carbocycles. The minimum atomic E-state index is 0.144. The van der Waals surface area contributed by atoms with Crippen molar-refractivity contribution in [2.24, 2.45) is 0 Å². The fourth-order valence-corrected chi connectivity index (χ4v) is 10.1. The maximum Gasteiger partial charge on any atom is 0.237 e. The second-order valence-corrected chi connectivity index (χ2v) is 17.2. The van der Waals surface area contributed by atoms with Crippen LogP contribution < -0.4 is 15.5 Å². The molecule has 8 rings (SSSR count). The van der Waals surface area contributed by atoms with Crippen molar-refractivity contribution in [3.63, 3.8) is 0 Å². The summed E-state index contributed by atoms with van der Waals surface area (Å²) in [4.78, 5) is 38.4. The van der Waals surface area contributed by atoms with Crippen molar-refractivity contribution in [2.75, 3.05) is 45.5 Å². The molecule has 2 amide bonds. The van der Waals surface area contributed by atoms with Crippen LogP contribution in [0.1, 0.15) is 29.5 Å². The second kappa shape index (κ2) is 17.9. The normalized spacial score (nSPS) is 13.5. The van der Waals surface area contributed by atoms with Gasteiger partial charge in [0.15, 0.2) is 8.68 Å². The molecule has 0 spiro atoms. The van der Waals surface area contributed by atoms with Crippen molar-refractivity contribution < 1.29 is 9.59 Å². The topological polar surface area (TPSA) is 92.4 Å². The van der Waals surface area contributed by atoms with E-state index >= 15 is 0 Å². The van der Waals surface area contributed by atoms with E-state index in [0.717, 1.165) is 80.2 Å². The number of rotatable bonds is 6. The molecule has 4 heterocycles. The number of amides is 2. The Morgan fingerprint density at radius 2 is 1.20 bits per heavy atom. The summed E-state index contributed by atoms with van der Waals surface area (Å²) in [5.74, 6) is 1.16. The van der Waals surface area contributed by atoms with Gasteiger partial charge in [0, 0.05) is 30.2 Å². The number of thioether (sulfide) groups is 2. The Labute approximate surface area is 324 Å². The van der Waals surface area contributed by atoms with E-state index in [1.807, 2.05) is 64.4 Å². The summed E-state index contributed by atoms with van der Waals surface area (Å²) < 4.78 is 4.13. The van der Waals surface area contributed by atoms with E-state index in [1.54, 1.807) is 34.4 Å². The molecule has 13 heteroatoms. The summed E-state index contributed by atoms with van der Waals surface area (Å²) in [6.07, 6.45) is 4.17. The number of aryl methyl sites for hydroxylation is 3. The molecule has 0 fully saturated rings. The lowest BCUT2D eigenvalue weighted by Crippen LogP contribution is -2.36. The first-order valence-corrected chi connectivity index (χ1v) is 21.2. The lowest BCUT2D eigenvalue weighted by atomic mass is 10.0. The summed E-state index contributed by atoms with van der Waals surface area (Å²) in [5, 5.41) is 0.194. The van der Waals surface area contributed by atoms with E-state index in [0.29, 0.717) is 11.5 Å². The summed E-state index contributed by atoms with van der Waals surface area (Å²) in [6.45, 7) is 3.70. The highest BCUT2D eigenvalue weighted by atomic mass is 35.5. The molecule has 2 aliphatic rings. The zero-order valence-electron chi connectivity index (χ0n) is 28.0. The molecule has 7 nitrogen and oxygen atoms in total. The van der Waals surface area contributed by atoms with E-state index in [9.17, 15) is 9.59 Å². The Bertz CT molecular complexity index is 1990. The van der Waals surface area contributed by atoms with Gasteiger partial charge in [-0.3, -0.25) is 9.59 Å². The Balaban J connectivity index is 0.000000163. The van der Waals surface area contributed by atoms with Gasteiger partial charge in [0.25, 0.3) is 0 Å². The maximum atomic E-state index is 12.7. The average Bonchev–Trinajstić information content (AvgIpc) is 3.75. The predicted molar refractivity (Wildman–Crippen MR) is 221 cm³/mol. The number of nitrogens with two attached hydrogens (primary N) is 1. The first-order chi connectivity index (χ1) is 24.8. The van der Waals surface area contributed by atoms with Crippen molar-refractivity contribution in [1.29, 1.82) is 0 Å². The highest BCUT2D eigenvalue weighted by molar-refractivity contribution is 8.02. The minimum absolute atomic E-state index is 0.144. The monoisotopic (exact) mass is 793 g/mol. The third-order valence-corrected chi connectivity index (χ3v) is 12.7. The minimum Gasteiger partial charge on any atom is -0.399 e. The fraction of sp³-hybridized carbons (Fsp3) is 0.263. The number of aromatic nitrogens is 2. The van der Waals surface area contributed by atoms with Crippen LogP contribution in [0.3, 0.4) is 0 Å². The fourth-order valence-electron chi connectivity index (χ4n) is 6.04. The number of benzene rings is 4. The maximum absolute atomic E-state index is 12.7. The summed E-state index contributed by atoms with van der Waals surface area (Å²) in [5.41, 5.74) is 14.4. The number of anilines is 3. The second-order valence-electron chi connectivity index (χ2n) is 11.9. The zero-order chi connectivity index (χ0) is 35.7. The van der Waals surface area contributed by atoms with Gasteiger partial charge >= 0.3 is 0 Å². The molecule has 2 N–H and O–H groups in total. The largest absolute Gasteiger partial charge is 0.399 e. The van der Waals surface area contributed by atoms with Crippen molar-refractivity contribution >= 4 is 119 Å². The van der Waals surface area contributed by atoms with Gasteiger partial charge < -0.3 is 15.5 Å². The summed E-state index contributed by atoms with van der Waals surface area (Å²) in [6, 6.07) is 28.4. The third-order valence-electron chi connectivity index (χ3n) is 8.38. The van der Waals surface area contributed by atoms with Crippen LogP contribution in [0.4, 0.5) is 17.1 Å². The molecule has 0 atom stereocenters. The molecule has 0 bridgehead atoms. The predicted octanol–water partition coefficient (Wildman–Crippen LogP) is 10.0. The molecule has 6 aromatic rings. The van der Waals surface area contributed by atoms with Gasteiger partial charge in [-0.25, -0.2) is 9.97 Å². The van der Waals surface area contributed by atoms with Gasteiger partial charge in [-0.05, 0) is 91.8 Å². The van der Waals surface area contributed by atoms with E-state index < -0.39 is 0 Å². The highest BCUT2D eigenvalue weighted by Gasteiger charge is 2.24. The van der Waals surface area contributed by atoms with Crippen LogP contribution in [0.15, 0.2) is 93.6 Å². The van der Waals surface area contributed by atoms with Crippen LogP contribution in [0.5, 0.6) is 0 Å². The number of thiazole rings is 2. The number of carbonyl (C=O) groups excluding carboxylic acids is 2. The van der Waals surface area contributed by atoms with Crippen LogP contribution in [0, 0.1) is 6.92 Å². The number of halogens is 2. The molecule has 2 aliphatic heterocycles. The van der Waals surface area contributed by atoms with E-state index in [4.69, 9.17) is 28.9 Å². The molecule has 51 heavy (non-hydrogen) atoms. The molecule has 264 valence electrons. The lowest BCUT2D eigenvalue weighted by molar-refractivity contribution is -0.117. The van der Waals surface area contributed by atoms with Gasteiger partial charge in [0.1, 0.15) is 0 Å². The standard InChI is InChI=1S/C19H18N2OS2.C18H17N3OS2.CH2Cl2/c1-13-8-9-15-17(11-13)24-19(20-15)23-12-18(22)21-10-4-6-14-5-2-3-7-16(14)21;19-13-7-8-14-16(10-13)24-18(20-14)23-11-17(22)21-9-3-5-12-4-1-2-6-15(12)21;2-1-3/h2-3,5,7-9,11H,4,6,10,12H2,1H3;1-2,4,6-8,10H,3,5,9,11,19H2;1H2. The van der Waals surface area contributed by atoms with Crippen LogP contribution >= 0.6 is 69.4 Å². The van der Waals surface area contributed by atoms with Crippen LogP contribution in [0.25, 0.3) is 20.4 Å². The Morgan fingerprint density at radius 1 is 0.725 bits per heavy atom. The molecular formula is C38H37Cl2N5O2S4. The van der Waals surface area contributed by atoms with E-state index in [2.05, 4.69) is 47.2 Å². The Morgan fingerprint density at radius 3 is 1.73 bits per heavy atom. The SMILES string of the molecule is Cc1ccc2nc(SCC(=O)N3CCCc4ccccc43)sc2c1.ClCCl.Nc1ccc2nc(SCC(=O)N3CCCc4ccccc43)sc2c1. The molecule has 0 unspecified atom stereocenters. The van der Waals surface area contributed by atoms with E-state index in [-0.39, 0.29) is 17.2 Å². The molecule has 0 aliphatic carbocycles. The zero-order valence-corrected chi connectivity index (χ0v) is 32.8.